The molecule has 3 heterocycles. The first kappa shape index (κ1) is 9.57. The average Bonchev–Trinajstić information content (AvgIpc) is 2.86. The van der Waals surface area contributed by atoms with Crippen LogP contribution in [0.15, 0.2) is 11.6 Å². The maximum atomic E-state index is 4.27. The van der Waals surface area contributed by atoms with Gasteiger partial charge in [0.25, 0.3) is 0 Å². The van der Waals surface area contributed by atoms with E-state index in [9.17, 15) is 0 Å². The highest BCUT2D eigenvalue weighted by Gasteiger charge is 2.33. The number of piperazine rings is 1. The first-order chi connectivity index (χ1) is 7.42. The molecular formula is C10H16N4S. The van der Waals surface area contributed by atoms with Gasteiger partial charge in [0.15, 0.2) is 5.13 Å². The summed E-state index contributed by atoms with van der Waals surface area (Å²) >= 11 is 1.69. The third-order valence-corrected chi connectivity index (χ3v) is 3.95. The van der Waals surface area contributed by atoms with Crippen LogP contribution in [0.1, 0.15) is 6.42 Å². The number of thiazole rings is 1. The highest BCUT2D eigenvalue weighted by Crippen LogP contribution is 2.22. The van der Waals surface area contributed by atoms with E-state index in [1.54, 1.807) is 11.3 Å². The monoisotopic (exact) mass is 224 g/mol. The van der Waals surface area contributed by atoms with Gasteiger partial charge in [0.2, 0.25) is 0 Å². The van der Waals surface area contributed by atoms with Crippen LogP contribution in [-0.2, 0) is 0 Å². The smallest absolute Gasteiger partial charge is 0.182 e. The number of nitrogens with one attached hydrogen (secondary N) is 2. The fourth-order valence-corrected chi connectivity index (χ4v) is 3.14. The lowest BCUT2D eigenvalue weighted by Gasteiger charge is -2.29. The minimum absolute atomic E-state index is 0.584. The second-order valence-corrected chi connectivity index (χ2v) is 5.16. The SMILES string of the molecule is c1csc(NC2C[C@H]3CNCCN3C2)n1. The summed E-state index contributed by atoms with van der Waals surface area (Å²) in [7, 11) is 0. The van der Waals surface area contributed by atoms with Gasteiger partial charge in [0, 0.05) is 49.8 Å². The van der Waals surface area contributed by atoms with Crippen molar-refractivity contribution in [1.29, 1.82) is 0 Å². The van der Waals surface area contributed by atoms with E-state index in [0.29, 0.717) is 6.04 Å². The van der Waals surface area contributed by atoms with Crippen molar-refractivity contribution in [2.75, 3.05) is 31.5 Å². The Balaban J connectivity index is 1.60. The van der Waals surface area contributed by atoms with E-state index >= 15 is 0 Å². The van der Waals surface area contributed by atoms with Crippen LogP contribution in [-0.4, -0.2) is 48.1 Å². The molecule has 1 aromatic rings. The van der Waals surface area contributed by atoms with Gasteiger partial charge in [0.1, 0.15) is 0 Å². The van der Waals surface area contributed by atoms with Crippen LogP contribution >= 0.6 is 11.3 Å². The Bertz CT molecular complexity index is 299. The van der Waals surface area contributed by atoms with E-state index in [1.807, 2.05) is 11.6 Å². The van der Waals surface area contributed by atoms with Crippen LogP contribution in [0.2, 0.25) is 0 Å². The van der Waals surface area contributed by atoms with Gasteiger partial charge in [-0.3, -0.25) is 4.90 Å². The Morgan fingerprint density at radius 3 is 3.40 bits per heavy atom. The summed E-state index contributed by atoms with van der Waals surface area (Å²) in [6.07, 6.45) is 3.10. The summed E-state index contributed by atoms with van der Waals surface area (Å²) in [4.78, 5) is 6.86. The van der Waals surface area contributed by atoms with E-state index in [-0.39, 0.29) is 0 Å². The molecule has 2 N–H and O–H groups in total. The topological polar surface area (TPSA) is 40.2 Å². The molecule has 0 aliphatic carbocycles. The molecule has 3 rings (SSSR count). The fraction of sp³-hybridized carbons (Fsp3) is 0.700. The van der Waals surface area contributed by atoms with E-state index in [4.69, 9.17) is 0 Å². The molecule has 2 aliphatic rings. The number of nitrogens with zero attached hydrogens (tertiary/aromatic N) is 2. The number of hydrogen-bond acceptors (Lipinski definition) is 5. The Morgan fingerprint density at radius 2 is 2.60 bits per heavy atom. The summed E-state index contributed by atoms with van der Waals surface area (Å²) < 4.78 is 0. The molecule has 1 unspecified atom stereocenters. The molecule has 0 spiro atoms. The molecule has 15 heavy (non-hydrogen) atoms. The molecule has 5 heteroatoms. The third kappa shape index (κ3) is 2.00. The first-order valence-corrected chi connectivity index (χ1v) is 6.40. The molecule has 82 valence electrons. The van der Waals surface area contributed by atoms with Crippen molar-refractivity contribution in [1.82, 2.24) is 15.2 Å². The lowest BCUT2D eigenvalue weighted by Crippen LogP contribution is -2.47. The Labute approximate surface area is 93.7 Å². The molecule has 2 saturated heterocycles. The highest BCUT2D eigenvalue weighted by atomic mass is 32.1. The fourth-order valence-electron chi connectivity index (χ4n) is 2.54. The van der Waals surface area contributed by atoms with Gasteiger partial charge in [-0.2, -0.15) is 0 Å². The molecule has 0 aromatic carbocycles. The molecule has 0 radical (unpaired) electrons. The van der Waals surface area contributed by atoms with Gasteiger partial charge >= 0.3 is 0 Å². The predicted molar refractivity (Wildman–Crippen MR) is 62.4 cm³/mol. The van der Waals surface area contributed by atoms with Crippen LogP contribution in [0.5, 0.6) is 0 Å². The van der Waals surface area contributed by atoms with Gasteiger partial charge in [-0.05, 0) is 6.42 Å². The molecule has 2 atom stereocenters. The van der Waals surface area contributed by atoms with Crippen molar-refractivity contribution < 1.29 is 0 Å². The van der Waals surface area contributed by atoms with E-state index in [0.717, 1.165) is 24.3 Å². The minimum atomic E-state index is 0.584. The number of rotatable bonds is 2. The Hall–Kier alpha value is -0.650. The number of aromatic nitrogens is 1. The van der Waals surface area contributed by atoms with Gasteiger partial charge < -0.3 is 10.6 Å². The standard InChI is InChI=1S/C10H16N4S/c1-3-14-7-8(5-9(14)6-11-1)13-10-12-2-4-15-10/h2,4,8-9,11H,1,3,5-7H2,(H,12,13)/t8?,9-/m0/s1. The molecule has 0 saturated carbocycles. The zero-order valence-corrected chi connectivity index (χ0v) is 9.46. The summed E-state index contributed by atoms with van der Waals surface area (Å²) in [6.45, 7) is 4.66. The van der Waals surface area contributed by atoms with Crippen LogP contribution in [0.25, 0.3) is 0 Å². The van der Waals surface area contributed by atoms with E-state index in [1.165, 1.54) is 19.5 Å². The minimum Gasteiger partial charge on any atom is -0.357 e. The van der Waals surface area contributed by atoms with Crippen molar-refractivity contribution in [3.63, 3.8) is 0 Å². The third-order valence-electron chi connectivity index (χ3n) is 3.24. The molecular weight excluding hydrogens is 208 g/mol. The number of fused-ring (bicyclic) bond motifs is 1. The second-order valence-electron chi connectivity index (χ2n) is 4.27. The van der Waals surface area contributed by atoms with Gasteiger partial charge in [-0.15, -0.1) is 11.3 Å². The summed E-state index contributed by atoms with van der Waals surface area (Å²) in [5.41, 5.74) is 0. The van der Waals surface area contributed by atoms with Crippen molar-refractivity contribution in [3.8, 4) is 0 Å². The second kappa shape index (κ2) is 4.08. The molecule has 2 fully saturated rings. The largest absolute Gasteiger partial charge is 0.357 e. The van der Waals surface area contributed by atoms with Gasteiger partial charge in [-0.25, -0.2) is 4.98 Å². The Kier molecular flexibility index (Phi) is 2.60. The van der Waals surface area contributed by atoms with Crippen LogP contribution in [0.4, 0.5) is 5.13 Å². The summed E-state index contributed by atoms with van der Waals surface area (Å²) in [5.74, 6) is 0. The predicted octanol–water partition coefficient (Wildman–Crippen LogP) is 0.601. The van der Waals surface area contributed by atoms with Crippen molar-refractivity contribution in [2.24, 2.45) is 0 Å². The van der Waals surface area contributed by atoms with E-state index < -0.39 is 0 Å². The molecule has 0 amide bonds. The van der Waals surface area contributed by atoms with Crippen molar-refractivity contribution in [3.05, 3.63) is 11.6 Å². The molecule has 4 nitrogen and oxygen atoms in total. The normalized spacial score (nSPS) is 31.5. The summed E-state index contributed by atoms with van der Waals surface area (Å²) in [5, 5.41) is 10.1. The maximum absolute atomic E-state index is 4.27. The average molecular weight is 224 g/mol. The van der Waals surface area contributed by atoms with Crippen molar-refractivity contribution >= 4 is 16.5 Å². The zero-order valence-electron chi connectivity index (χ0n) is 8.65. The summed E-state index contributed by atoms with van der Waals surface area (Å²) in [6, 6.07) is 1.32. The molecule has 0 bridgehead atoms. The quantitative estimate of drug-likeness (QED) is 0.772. The maximum Gasteiger partial charge on any atom is 0.182 e. The lowest BCUT2D eigenvalue weighted by molar-refractivity contribution is 0.212. The van der Waals surface area contributed by atoms with E-state index in [2.05, 4.69) is 20.5 Å². The first-order valence-electron chi connectivity index (χ1n) is 5.52. The van der Waals surface area contributed by atoms with Crippen molar-refractivity contribution in [2.45, 2.75) is 18.5 Å². The van der Waals surface area contributed by atoms with Crippen LogP contribution in [0.3, 0.4) is 0 Å². The lowest BCUT2D eigenvalue weighted by atomic mass is 10.1. The van der Waals surface area contributed by atoms with Gasteiger partial charge in [-0.1, -0.05) is 0 Å². The highest BCUT2D eigenvalue weighted by molar-refractivity contribution is 7.13. The molecule has 1 aromatic heterocycles. The van der Waals surface area contributed by atoms with Crippen LogP contribution < -0.4 is 10.6 Å². The number of hydrogen-bond donors (Lipinski definition) is 2. The van der Waals surface area contributed by atoms with Gasteiger partial charge in [0.05, 0.1) is 0 Å². The molecule has 2 aliphatic heterocycles. The zero-order chi connectivity index (χ0) is 10.1. The van der Waals surface area contributed by atoms with Crippen LogP contribution in [0, 0.1) is 0 Å². The number of anilines is 1. The Morgan fingerprint density at radius 1 is 1.60 bits per heavy atom.